The van der Waals surface area contributed by atoms with Crippen molar-refractivity contribution >= 4 is 34.7 Å². The molecule has 1 atom stereocenters. The zero-order valence-electron chi connectivity index (χ0n) is 13.6. The number of Topliss-reactive ketones (excluding diaryl/α,β-unsaturated/α-hetero) is 1. The maximum Gasteiger partial charge on any atom is 0.408 e. The average molecular weight is 332 g/mol. The van der Waals surface area contributed by atoms with E-state index in [0.29, 0.717) is 5.75 Å². The summed E-state index contributed by atoms with van der Waals surface area (Å²) in [4.78, 5) is 45.7. The van der Waals surface area contributed by atoms with Crippen molar-refractivity contribution in [1.29, 1.82) is 0 Å². The molecule has 22 heavy (non-hydrogen) atoms. The molecule has 0 heterocycles. The van der Waals surface area contributed by atoms with Gasteiger partial charge in [0, 0.05) is 25.6 Å². The van der Waals surface area contributed by atoms with Crippen LogP contribution < -0.4 is 10.6 Å². The van der Waals surface area contributed by atoms with Gasteiger partial charge in [-0.25, -0.2) is 4.79 Å². The molecule has 1 unspecified atom stereocenters. The number of amides is 2. The van der Waals surface area contributed by atoms with Crippen LogP contribution in [0, 0.1) is 0 Å². The van der Waals surface area contributed by atoms with Crippen LogP contribution in [0.15, 0.2) is 0 Å². The molecule has 0 spiro atoms. The molecule has 0 aromatic rings. The van der Waals surface area contributed by atoms with Gasteiger partial charge in [0.2, 0.25) is 5.91 Å². The third-order valence-electron chi connectivity index (χ3n) is 2.21. The highest BCUT2D eigenvalue weighted by atomic mass is 32.2. The number of thioether (sulfide) groups is 1. The highest BCUT2D eigenvalue weighted by molar-refractivity contribution is 8.13. The number of alkyl carbamates (subject to hydrolysis) is 1. The smallest absolute Gasteiger partial charge is 0.408 e. The van der Waals surface area contributed by atoms with E-state index in [9.17, 15) is 19.2 Å². The zero-order chi connectivity index (χ0) is 17.3. The quantitative estimate of drug-likeness (QED) is 0.681. The Labute approximate surface area is 134 Å². The molecule has 2 amide bonds. The second-order valence-electron chi connectivity index (χ2n) is 5.74. The summed E-state index contributed by atoms with van der Waals surface area (Å²) in [6, 6.07) is -0.991. The Morgan fingerprint density at radius 1 is 1.14 bits per heavy atom. The van der Waals surface area contributed by atoms with Crippen molar-refractivity contribution < 1.29 is 23.9 Å². The highest BCUT2D eigenvalue weighted by Gasteiger charge is 2.25. The zero-order valence-corrected chi connectivity index (χ0v) is 14.5. The molecule has 7 nitrogen and oxygen atoms in total. The minimum atomic E-state index is -0.991. The molecule has 0 aliphatic carbocycles. The molecule has 0 fully saturated rings. The van der Waals surface area contributed by atoms with Gasteiger partial charge in [0.05, 0.1) is 0 Å². The Morgan fingerprint density at radius 2 is 1.73 bits per heavy atom. The molecule has 0 aliphatic rings. The first-order valence-electron chi connectivity index (χ1n) is 6.91. The molecule has 0 aromatic carbocycles. The largest absolute Gasteiger partial charge is 0.444 e. The standard InChI is InChI=1S/C14H24N2O5S/c1-9(17)8-11(16-13(20)21-14(3,4)5)12(19)15-6-7-22-10(2)18/h11H,6-8H2,1-5H3,(H,15,19)(H,16,20). The lowest BCUT2D eigenvalue weighted by molar-refractivity contribution is -0.126. The van der Waals surface area contributed by atoms with Gasteiger partial charge in [0.1, 0.15) is 17.4 Å². The van der Waals surface area contributed by atoms with Crippen LogP contribution in [0.2, 0.25) is 0 Å². The molecule has 0 saturated carbocycles. The molecule has 0 rings (SSSR count). The fourth-order valence-corrected chi connectivity index (χ4v) is 1.93. The van der Waals surface area contributed by atoms with E-state index in [0.717, 1.165) is 11.8 Å². The normalized spacial score (nSPS) is 12.2. The van der Waals surface area contributed by atoms with Crippen LogP contribution in [0.1, 0.15) is 41.0 Å². The second-order valence-corrected chi connectivity index (χ2v) is 7.01. The molecular formula is C14H24N2O5S. The molecular weight excluding hydrogens is 308 g/mol. The summed E-state index contributed by atoms with van der Waals surface area (Å²) in [5.41, 5.74) is -0.695. The van der Waals surface area contributed by atoms with Gasteiger partial charge >= 0.3 is 6.09 Å². The van der Waals surface area contributed by atoms with Crippen molar-refractivity contribution in [3.63, 3.8) is 0 Å². The maximum atomic E-state index is 12.0. The number of hydrogen-bond acceptors (Lipinski definition) is 6. The van der Waals surface area contributed by atoms with Gasteiger partial charge in [-0.15, -0.1) is 0 Å². The molecule has 2 N–H and O–H groups in total. The van der Waals surface area contributed by atoms with Gasteiger partial charge in [-0.1, -0.05) is 11.8 Å². The lowest BCUT2D eigenvalue weighted by Crippen LogP contribution is -2.49. The van der Waals surface area contributed by atoms with Gasteiger partial charge in [-0.05, 0) is 27.7 Å². The molecule has 0 saturated heterocycles. The van der Waals surface area contributed by atoms with E-state index in [1.54, 1.807) is 20.8 Å². The van der Waals surface area contributed by atoms with E-state index < -0.39 is 23.6 Å². The second kappa shape index (κ2) is 9.45. The average Bonchev–Trinajstić information content (AvgIpc) is 2.30. The Bertz CT molecular complexity index is 431. The minimum Gasteiger partial charge on any atom is -0.444 e. The van der Waals surface area contributed by atoms with Gasteiger partial charge in [0.15, 0.2) is 5.12 Å². The fraction of sp³-hybridized carbons (Fsp3) is 0.714. The molecule has 0 bridgehead atoms. The summed E-state index contributed by atoms with van der Waals surface area (Å²) in [5.74, 6) is -0.278. The minimum absolute atomic E-state index is 0.0404. The van der Waals surface area contributed by atoms with E-state index in [4.69, 9.17) is 4.74 Å². The summed E-state index contributed by atoms with van der Waals surface area (Å²) in [5, 5.41) is 4.92. The van der Waals surface area contributed by atoms with Gasteiger partial charge in [-0.3, -0.25) is 14.4 Å². The van der Waals surface area contributed by atoms with Gasteiger partial charge in [0.25, 0.3) is 0 Å². The number of ether oxygens (including phenoxy) is 1. The van der Waals surface area contributed by atoms with Crippen LogP contribution in [0.4, 0.5) is 4.79 Å². The lowest BCUT2D eigenvalue weighted by Gasteiger charge is -2.22. The van der Waals surface area contributed by atoms with Crippen LogP contribution in [0.3, 0.4) is 0 Å². The number of carbonyl (C=O) groups is 4. The van der Waals surface area contributed by atoms with Gasteiger partial charge < -0.3 is 15.4 Å². The van der Waals surface area contributed by atoms with Crippen molar-refractivity contribution in [1.82, 2.24) is 10.6 Å². The number of ketones is 1. The third kappa shape index (κ3) is 11.1. The summed E-state index contributed by atoms with van der Waals surface area (Å²) in [6.07, 6.45) is -0.878. The van der Waals surface area contributed by atoms with Crippen molar-refractivity contribution in [3.05, 3.63) is 0 Å². The number of nitrogens with one attached hydrogen (secondary N) is 2. The predicted octanol–water partition coefficient (Wildman–Crippen LogP) is 1.25. The van der Waals surface area contributed by atoms with E-state index in [1.165, 1.54) is 13.8 Å². The lowest BCUT2D eigenvalue weighted by atomic mass is 10.1. The van der Waals surface area contributed by atoms with Crippen molar-refractivity contribution in [2.24, 2.45) is 0 Å². The van der Waals surface area contributed by atoms with E-state index in [1.807, 2.05) is 0 Å². The molecule has 8 heteroatoms. The Balaban J connectivity index is 4.49. The van der Waals surface area contributed by atoms with Crippen LogP contribution in [0.5, 0.6) is 0 Å². The van der Waals surface area contributed by atoms with E-state index in [2.05, 4.69) is 10.6 Å². The van der Waals surface area contributed by atoms with Crippen molar-refractivity contribution in [2.75, 3.05) is 12.3 Å². The highest BCUT2D eigenvalue weighted by Crippen LogP contribution is 2.07. The number of carbonyl (C=O) groups excluding carboxylic acids is 4. The summed E-state index contributed by atoms with van der Waals surface area (Å²) < 4.78 is 5.07. The van der Waals surface area contributed by atoms with Crippen molar-refractivity contribution in [3.8, 4) is 0 Å². The summed E-state index contributed by atoms with van der Waals surface area (Å²) in [6.45, 7) is 8.15. The Morgan fingerprint density at radius 3 is 2.18 bits per heavy atom. The molecule has 0 radical (unpaired) electrons. The molecule has 126 valence electrons. The number of rotatable bonds is 7. The van der Waals surface area contributed by atoms with E-state index in [-0.39, 0.29) is 23.9 Å². The first-order valence-corrected chi connectivity index (χ1v) is 7.90. The van der Waals surface area contributed by atoms with Crippen LogP contribution in [0.25, 0.3) is 0 Å². The summed E-state index contributed by atoms with van der Waals surface area (Å²) >= 11 is 1.09. The van der Waals surface area contributed by atoms with E-state index >= 15 is 0 Å². The van der Waals surface area contributed by atoms with Crippen LogP contribution >= 0.6 is 11.8 Å². The monoisotopic (exact) mass is 332 g/mol. The third-order valence-corrected chi connectivity index (χ3v) is 3.02. The van der Waals surface area contributed by atoms with Gasteiger partial charge in [-0.2, -0.15) is 0 Å². The first-order chi connectivity index (χ1) is 10.0. The Kier molecular flexibility index (Phi) is 8.77. The number of hydrogen-bond donors (Lipinski definition) is 2. The van der Waals surface area contributed by atoms with Crippen LogP contribution in [-0.4, -0.2) is 46.8 Å². The fourth-order valence-electron chi connectivity index (χ4n) is 1.44. The first kappa shape index (κ1) is 20.4. The maximum absolute atomic E-state index is 12.0. The predicted molar refractivity (Wildman–Crippen MR) is 84.6 cm³/mol. The molecule has 0 aromatic heterocycles. The molecule has 0 aliphatic heterocycles. The topological polar surface area (TPSA) is 102 Å². The summed E-state index contributed by atoms with van der Waals surface area (Å²) in [7, 11) is 0. The van der Waals surface area contributed by atoms with Crippen LogP contribution in [-0.2, 0) is 19.1 Å². The van der Waals surface area contributed by atoms with Crippen molar-refractivity contribution in [2.45, 2.75) is 52.7 Å². The SMILES string of the molecule is CC(=O)CC(NC(=O)OC(C)(C)C)C(=O)NCCSC(C)=O. The Hall–Kier alpha value is -1.57.